The van der Waals surface area contributed by atoms with Crippen LogP contribution in [0.5, 0.6) is 5.88 Å². The second-order valence-corrected chi connectivity index (χ2v) is 1.71. The number of hydrogen-bond donors (Lipinski definition) is 2. The van der Waals surface area contributed by atoms with Crippen molar-refractivity contribution < 1.29 is 5.11 Å². The smallest absolute Gasteiger partial charge is 0.238 e. The van der Waals surface area contributed by atoms with Crippen LogP contribution in [0.2, 0.25) is 0 Å². The summed E-state index contributed by atoms with van der Waals surface area (Å²) < 4.78 is 0. The number of aromatic hydroxyl groups is 1. The normalized spacial score (nSPS) is 9.20. The van der Waals surface area contributed by atoms with Gasteiger partial charge in [0.25, 0.3) is 0 Å². The Labute approximate surface area is 58.0 Å². The van der Waals surface area contributed by atoms with Gasteiger partial charge in [-0.25, -0.2) is 4.98 Å². The number of aromatic nitrogens is 2. The van der Waals surface area contributed by atoms with E-state index in [1.165, 1.54) is 12.3 Å². The Hall–Kier alpha value is -1.58. The van der Waals surface area contributed by atoms with Crippen molar-refractivity contribution in [3.63, 3.8) is 0 Å². The predicted octanol–water partition coefficient (Wildman–Crippen LogP) is 0.407. The molecule has 0 amide bonds. The lowest BCUT2D eigenvalue weighted by atomic mass is 10.5. The van der Waals surface area contributed by atoms with Crippen LogP contribution in [0.3, 0.4) is 0 Å². The molecule has 4 heteroatoms. The number of nitrogens with zero attached hydrogens (tertiary/aromatic N) is 2. The molecule has 0 spiro atoms. The molecule has 0 unspecified atom stereocenters. The summed E-state index contributed by atoms with van der Waals surface area (Å²) in [6.07, 6.45) is 2.76. The number of hydrogen-bond acceptors (Lipinski definition) is 4. The van der Waals surface area contributed by atoms with Gasteiger partial charge in [0.05, 0.1) is 6.20 Å². The van der Waals surface area contributed by atoms with Crippen LogP contribution in [0.15, 0.2) is 12.8 Å². The van der Waals surface area contributed by atoms with Crippen LogP contribution in [0.1, 0.15) is 5.82 Å². The van der Waals surface area contributed by atoms with Crippen LogP contribution >= 0.6 is 0 Å². The molecule has 0 radical (unpaired) electrons. The van der Waals surface area contributed by atoms with E-state index in [1.807, 2.05) is 0 Å². The fourth-order valence-electron chi connectivity index (χ4n) is 0.494. The van der Waals surface area contributed by atoms with Crippen molar-refractivity contribution in [3.05, 3.63) is 18.6 Å². The van der Waals surface area contributed by atoms with Gasteiger partial charge in [-0.15, -0.1) is 0 Å². The lowest BCUT2D eigenvalue weighted by Crippen LogP contribution is -1.92. The molecule has 4 nitrogen and oxygen atoms in total. The van der Waals surface area contributed by atoms with E-state index in [1.54, 1.807) is 0 Å². The fraction of sp³-hybridized carbons (Fsp3) is 0. The highest BCUT2D eigenvalue weighted by Gasteiger charge is 1.97. The molecule has 52 valence electrons. The quantitative estimate of drug-likeness (QED) is 0.588. The van der Waals surface area contributed by atoms with E-state index in [2.05, 4.69) is 16.5 Å². The van der Waals surface area contributed by atoms with Crippen LogP contribution in [0, 0.1) is 0 Å². The molecule has 10 heavy (non-hydrogen) atoms. The third-order valence-electron chi connectivity index (χ3n) is 0.997. The summed E-state index contributed by atoms with van der Waals surface area (Å²) in [6.45, 7) is 3.42. The van der Waals surface area contributed by atoms with E-state index in [-0.39, 0.29) is 11.6 Å². The van der Waals surface area contributed by atoms with Gasteiger partial charge in [0.15, 0.2) is 5.82 Å². The average molecular weight is 137 g/mol. The van der Waals surface area contributed by atoms with Gasteiger partial charge in [0, 0.05) is 0 Å². The summed E-state index contributed by atoms with van der Waals surface area (Å²) in [4.78, 5) is 7.34. The number of nitrogen functional groups attached to an aromatic ring is 1. The summed E-state index contributed by atoms with van der Waals surface area (Å²) >= 11 is 0. The lowest BCUT2D eigenvalue weighted by molar-refractivity contribution is 0.454. The van der Waals surface area contributed by atoms with Gasteiger partial charge in [0.2, 0.25) is 5.88 Å². The van der Waals surface area contributed by atoms with Gasteiger partial charge in [-0.05, 0) is 6.08 Å². The number of rotatable bonds is 1. The predicted molar refractivity (Wildman–Crippen MR) is 38.2 cm³/mol. The minimum absolute atomic E-state index is 0.172. The van der Waals surface area contributed by atoms with Crippen LogP contribution < -0.4 is 5.73 Å². The van der Waals surface area contributed by atoms with E-state index in [0.717, 1.165) is 0 Å². The Morgan fingerprint density at radius 3 is 2.90 bits per heavy atom. The average Bonchev–Trinajstić information content (AvgIpc) is 1.95. The second-order valence-electron chi connectivity index (χ2n) is 1.71. The SMILES string of the molecule is C=Cc1ncc(N)c(O)n1. The lowest BCUT2D eigenvalue weighted by Gasteiger charge is -1.95. The molecule has 0 saturated carbocycles. The van der Waals surface area contributed by atoms with Gasteiger partial charge in [0.1, 0.15) is 5.69 Å². The molecule has 0 aliphatic heterocycles. The Morgan fingerprint density at radius 1 is 1.70 bits per heavy atom. The standard InChI is InChI=1S/C6H7N3O/c1-2-5-8-3-4(7)6(10)9-5/h2-3H,1,7H2,(H,8,9,10). The molecule has 3 N–H and O–H groups in total. The second kappa shape index (κ2) is 2.34. The maximum absolute atomic E-state index is 8.91. The summed E-state index contributed by atoms with van der Waals surface area (Å²) in [7, 11) is 0. The van der Waals surface area contributed by atoms with E-state index in [0.29, 0.717) is 5.82 Å². The van der Waals surface area contributed by atoms with Gasteiger partial charge in [-0.3, -0.25) is 0 Å². The topological polar surface area (TPSA) is 72.0 Å². The van der Waals surface area contributed by atoms with Gasteiger partial charge in [-0.1, -0.05) is 6.58 Å². The molecule has 0 bridgehead atoms. The van der Waals surface area contributed by atoms with Crippen LogP contribution in [0.25, 0.3) is 6.08 Å². The Bertz CT molecular complexity index is 259. The maximum Gasteiger partial charge on any atom is 0.238 e. The van der Waals surface area contributed by atoms with Crippen LogP contribution in [-0.4, -0.2) is 15.1 Å². The third-order valence-corrected chi connectivity index (χ3v) is 0.997. The van der Waals surface area contributed by atoms with Crippen molar-refractivity contribution in [1.29, 1.82) is 0 Å². The molecule has 1 rings (SSSR count). The van der Waals surface area contributed by atoms with E-state index < -0.39 is 0 Å². The molecule has 0 aliphatic carbocycles. The molecule has 1 aromatic heterocycles. The van der Waals surface area contributed by atoms with Gasteiger partial charge in [-0.2, -0.15) is 4.98 Å². The molecular formula is C6H7N3O. The Kier molecular flexibility index (Phi) is 1.53. The first-order valence-electron chi connectivity index (χ1n) is 2.68. The minimum Gasteiger partial charge on any atom is -0.492 e. The maximum atomic E-state index is 8.91. The summed E-state index contributed by atoms with van der Waals surface area (Å²) in [5.74, 6) is 0.164. The first kappa shape index (κ1) is 6.54. The Morgan fingerprint density at radius 2 is 2.40 bits per heavy atom. The summed E-state index contributed by atoms with van der Waals surface area (Å²) in [6, 6.07) is 0. The van der Waals surface area contributed by atoms with E-state index in [9.17, 15) is 0 Å². The van der Waals surface area contributed by atoms with Crippen LogP contribution in [0.4, 0.5) is 5.69 Å². The first-order valence-corrected chi connectivity index (χ1v) is 2.68. The van der Waals surface area contributed by atoms with Crippen molar-refractivity contribution in [2.45, 2.75) is 0 Å². The van der Waals surface area contributed by atoms with E-state index in [4.69, 9.17) is 10.8 Å². The monoisotopic (exact) mass is 137 g/mol. The van der Waals surface area contributed by atoms with Crippen molar-refractivity contribution in [2.75, 3.05) is 5.73 Å². The zero-order valence-electron chi connectivity index (χ0n) is 5.28. The summed E-state index contributed by atoms with van der Waals surface area (Å²) in [5, 5.41) is 8.91. The molecular weight excluding hydrogens is 130 g/mol. The summed E-state index contributed by atoms with van der Waals surface area (Å²) in [5.41, 5.74) is 5.41. The highest BCUT2D eigenvalue weighted by molar-refractivity contribution is 5.48. The highest BCUT2D eigenvalue weighted by atomic mass is 16.3. The van der Waals surface area contributed by atoms with Crippen LogP contribution in [-0.2, 0) is 0 Å². The fourth-order valence-corrected chi connectivity index (χ4v) is 0.494. The number of anilines is 1. The molecule has 0 atom stereocenters. The molecule has 0 aliphatic rings. The van der Waals surface area contributed by atoms with Gasteiger partial charge >= 0.3 is 0 Å². The molecule has 0 aromatic carbocycles. The molecule has 1 aromatic rings. The zero-order chi connectivity index (χ0) is 7.56. The van der Waals surface area contributed by atoms with Crippen molar-refractivity contribution in [1.82, 2.24) is 9.97 Å². The van der Waals surface area contributed by atoms with Crippen molar-refractivity contribution >= 4 is 11.8 Å². The van der Waals surface area contributed by atoms with Gasteiger partial charge < -0.3 is 10.8 Å². The number of nitrogens with two attached hydrogens (primary N) is 1. The Balaban J connectivity index is 3.16. The largest absolute Gasteiger partial charge is 0.492 e. The molecule has 1 heterocycles. The van der Waals surface area contributed by atoms with Crippen molar-refractivity contribution in [3.8, 4) is 5.88 Å². The van der Waals surface area contributed by atoms with E-state index >= 15 is 0 Å². The minimum atomic E-state index is -0.204. The highest BCUT2D eigenvalue weighted by Crippen LogP contribution is 2.13. The van der Waals surface area contributed by atoms with Crippen molar-refractivity contribution in [2.24, 2.45) is 0 Å². The molecule has 0 fully saturated rings. The zero-order valence-corrected chi connectivity index (χ0v) is 5.28. The first-order chi connectivity index (χ1) is 4.74. The molecule has 0 saturated heterocycles. The third kappa shape index (κ3) is 1.05.